The van der Waals surface area contributed by atoms with Gasteiger partial charge in [-0.25, -0.2) is 4.98 Å². The Bertz CT molecular complexity index is 955. The summed E-state index contributed by atoms with van der Waals surface area (Å²) in [5.74, 6) is 1.95. The first-order chi connectivity index (χ1) is 15.7. The van der Waals surface area contributed by atoms with Gasteiger partial charge in [0.1, 0.15) is 5.82 Å². The molecule has 5 rings (SSSR count). The molecule has 1 aromatic carbocycles. The maximum atomic E-state index is 10.9. The molecule has 0 bridgehead atoms. The molecule has 2 fully saturated rings. The van der Waals surface area contributed by atoms with Crippen molar-refractivity contribution in [2.45, 2.75) is 38.8 Å². The molecule has 2 saturated heterocycles. The Balaban J connectivity index is 1.39. The van der Waals surface area contributed by atoms with Gasteiger partial charge in [-0.3, -0.25) is 15.0 Å². The number of hydrogen-bond donors (Lipinski definition) is 0. The average Bonchev–Trinajstić information content (AvgIpc) is 2.85. The summed E-state index contributed by atoms with van der Waals surface area (Å²) in [6.07, 6.45) is 4.59. The van der Waals surface area contributed by atoms with Gasteiger partial charge in [0.25, 0.3) is 5.69 Å². The lowest BCUT2D eigenvalue weighted by Crippen LogP contribution is -2.40. The number of rotatable bonds is 5. The molecular weight excluding hydrogens is 408 g/mol. The molecule has 4 heterocycles. The summed E-state index contributed by atoms with van der Waals surface area (Å²) in [4.78, 5) is 27.8. The molecule has 0 amide bonds. The van der Waals surface area contributed by atoms with E-state index >= 15 is 0 Å². The standard InChI is InChI=1S/C23H30N6O3/c30-29(31)19-6-4-18(5-7-19)16-26-11-8-21-20(17-26)22(27-12-14-32-15-13-27)25-23(24-21)28-9-2-1-3-10-28/h4-7H,1-3,8-17H2. The summed E-state index contributed by atoms with van der Waals surface area (Å²) in [6, 6.07) is 6.87. The summed E-state index contributed by atoms with van der Waals surface area (Å²) in [7, 11) is 0. The van der Waals surface area contributed by atoms with Crippen LogP contribution in [0.5, 0.6) is 0 Å². The fourth-order valence-electron chi connectivity index (χ4n) is 4.83. The largest absolute Gasteiger partial charge is 0.378 e. The van der Waals surface area contributed by atoms with E-state index in [4.69, 9.17) is 14.7 Å². The van der Waals surface area contributed by atoms with Crippen LogP contribution in [0, 0.1) is 10.1 Å². The molecule has 3 aliphatic rings. The van der Waals surface area contributed by atoms with Gasteiger partial charge in [0.2, 0.25) is 5.95 Å². The number of hydrogen-bond acceptors (Lipinski definition) is 8. The Morgan fingerprint density at radius 2 is 1.69 bits per heavy atom. The summed E-state index contributed by atoms with van der Waals surface area (Å²) < 4.78 is 5.58. The normalized spacial score (nSPS) is 19.6. The fraction of sp³-hybridized carbons (Fsp3) is 0.565. The zero-order valence-corrected chi connectivity index (χ0v) is 18.4. The van der Waals surface area contributed by atoms with Crippen LogP contribution in [-0.2, 0) is 24.2 Å². The van der Waals surface area contributed by atoms with Crippen molar-refractivity contribution in [1.29, 1.82) is 0 Å². The van der Waals surface area contributed by atoms with E-state index in [1.807, 2.05) is 12.1 Å². The number of aromatic nitrogens is 2. The van der Waals surface area contributed by atoms with Crippen molar-refractivity contribution in [2.24, 2.45) is 0 Å². The van der Waals surface area contributed by atoms with Crippen LogP contribution in [0.15, 0.2) is 24.3 Å². The van der Waals surface area contributed by atoms with Gasteiger partial charge in [-0.05, 0) is 24.8 Å². The highest BCUT2D eigenvalue weighted by Crippen LogP contribution is 2.31. The summed E-state index contributed by atoms with van der Waals surface area (Å²) in [5.41, 5.74) is 3.60. The number of fused-ring (bicyclic) bond motifs is 1. The van der Waals surface area contributed by atoms with E-state index in [0.717, 1.165) is 82.8 Å². The van der Waals surface area contributed by atoms with Crippen molar-refractivity contribution < 1.29 is 9.66 Å². The number of morpholine rings is 1. The third-order valence-electron chi connectivity index (χ3n) is 6.61. The van der Waals surface area contributed by atoms with Crippen LogP contribution < -0.4 is 9.80 Å². The molecule has 1 aromatic heterocycles. The number of non-ortho nitro benzene ring substituents is 1. The van der Waals surface area contributed by atoms with E-state index in [9.17, 15) is 10.1 Å². The number of anilines is 2. The van der Waals surface area contributed by atoms with Crippen molar-refractivity contribution in [2.75, 3.05) is 55.7 Å². The van der Waals surface area contributed by atoms with Gasteiger partial charge in [0.15, 0.2) is 0 Å². The monoisotopic (exact) mass is 438 g/mol. The Hall–Kier alpha value is -2.78. The molecule has 0 aliphatic carbocycles. The summed E-state index contributed by atoms with van der Waals surface area (Å²) >= 11 is 0. The number of nitro benzene ring substituents is 1. The minimum Gasteiger partial charge on any atom is -0.378 e. The summed E-state index contributed by atoms with van der Waals surface area (Å²) in [5, 5.41) is 10.9. The lowest BCUT2D eigenvalue weighted by molar-refractivity contribution is -0.384. The van der Waals surface area contributed by atoms with Crippen LogP contribution >= 0.6 is 0 Å². The maximum absolute atomic E-state index is 10.9. The van der Waals surface area contributed by atoms with E-state index in [0.29, 0.717) is 0 Å². The van der Waals surface area contributed by atoms with Crippen LogP contribution in [-0.4, -0.2) is 65.7 Å². The Morgan fingerprint density at radius 1 is 0.938 bits per heavy atom. The fourth-order valence-corrected chi connectivity index (χ4v) is 4.83. The van der Waals surface area contributed by atoms with Gasteiger partial charge in [0, 0.05) is 69.9 Å². The third-order valence-corrected chi connectivity index (χ3v) is 6.61. The predicted molar refractivity (Wildman–Crippen MR) is 122 cm³/mol. The second-order valence-corrected chi connectivity index (χ2v) is 8.80. The molecule has 0 N–H and O–H groups in total. The van der Waals surface area contributed by atoms with Crippen LogP contribution in [0.25, 0.3) is 0 Å². The number of nitrogens with zero attached hydrogens (tertiary/aromatic N) is 6. The first kappa shape index (κ1) is 21.1. The van der Waals surface area contributed by atoms with Crippen molar-refractivity contribution in [1.82, 2.24) is 14.9 Å². The van der Waals surface area contributed by atoms with E-state index in [1.54, 1.807) is 12.1 Å². The molecule has 32 heavy (non-hydrogen) atoms. The molecule has 0 unspecified atom stereocenters. The molecule has 9 heteroatoms. The van der Waals surface area contributed by atoms with E-state index < -0.39 is 0 Å². The van der Waals surface area contributed by atoms with Crippen LogP contribution in [0.1, 0.15) is 36.1 Å². The molecular formula is C23H30N6O3. The van der Waals surface area contributed by atoms with Crippen molar-refractivity contribution in [3.8, 4) is 0 Å². The van der Waals surface area contributed by atoms with Crippen molar-refractivity contribution >= 4 is 17.5 Å². The van der Waals surface area contributed by atoms with E-state index in [2.05, 4.69) is 14.7 Å². The lowest BCUT2D eigenvalue weighted by Gasteiger charge is -2.36. The zero-order chi connectivity index (χ0) is 21.9. The molecule has 3 aliphatic heterocycles. The minimum atomic E-state index is -0.354. The lowest BCUT2D eigenvalue weighted by atomic mass is 10.0. The number of piperidine rings is 1. The predicted octanol–water partition coefficient (Wildman–Crippen LogP) is 2.77. The van der Waals surface area contributed by atoms with Gasteiger partial charge < -0.3 is 14.5 Å². The SMILES string of the molecule is O=[N+]([O-])c1ccc(CN2CCc3nc(N4CCCCC4)nc(N4CCOCC4)c3C2)cc1. The number of ether oxygens (including phenoxy) is 1. The molecule has 9 nitrogen and oxygen atoms in total. The van der Waals surface area contributed by atoms with Gasteiger partial charge in [0.05, 0.1) is 23.8 Å². The van der Waals surface area contributed by atoms with Crippen LogP contribution in [0.4, 0.5) is 17.5 Å². The highest BCUT2D eigenvalue weighted by molar-refractivity contribution is 5.54. The molecule has 2 aromatic rings. The molecule has 0 saturated carbocycles. The molecule has 0 radical (unpaired) electrons. The first-order valence-corrected chi connectivity index (χ1v) is 11.6. The molecule has 170 valence electrons. The number of benzene rings is 1. The van der Waals surface area contributed by atoms with Crippen molar-refractivity contribution in [3.05, 3.63) is 51.2 Å². The smallest absolute Gasteiger partial charge is 0.269 e. The Morgan fingerprint density at radius 3 is 2.41 bits per heavy atom. The third kappa shape index (κ3) is 4.54. The van der Waals surface area contributed by atoms with E-state index in [-0.39, 0.29) is 10.6 Å². The Kier molecular flexibility index (Phi) is 6.18. The minimum absolute atomic E-state index is 0.131. The van der Waals surface area contributed by atoms with Gasteiger partial charge in [-0.1, -0.05) is 12.1 Å². The average molecular weight is 439 g/mol. The molecule has 0 spiro atoms. The van der Waals surface area contributed by atoms with Gasteiger partial charge in [-0.2, -0.15) is 4.98 Å². The van der Waals surface area contributed by atoms with Gasteiger partial charge in [-0.15, -0.1) is 0 Å². The molecule has 0 atom stereocenters. The second kappa shape index (κ2) is 9.38. The number of nitro groups is 1. The topological polar surface area (TPSA) is 87.9 Å². The second-order valence-electron chi connectivity index (χ2n) is 8.80. The maximum Gasteiger partial charge on any atom is 0.269 e. The quantitative estimate of drug-likeness (QED) is 0.520. The van der Waals surface area contributed by atoms with Crippen LogP contribution in [0.3, 0.4) is 0 Å². The highest BCUT2D eigenvalue weighted by atomic mass is 16.6. The van der Waals surface area contributed by atoms with Crippen LogP contribution in [0.2, 0.25) is 0 Å². The summed E-state index contributed by atoms with van der Waals surface area (Å²) in [6.45, 7) is 7.70. The Labute approximate surface area is 188 Å². The van der Waals surface area contributed by atoms with Gasteiger partial charge >= 0.3 is 0 Å². The van der Waals surface area contributed by atoms with Crippen molar-refractivity contribution in [3.63, 3.8) is 0 Å². The van der Waals surface area contributed by atoms with E-state index in [1.165, 1.54) is 30.5 Å². The zero-order valence-electron chi connectivity index (χ0n) is 18.4. The first-order valence-electron chi connectivity index (χ1n) is 11.6. The highest BCUT2D eigenvalue weighted by Gasteiger charge is 2.28.